The van der Waals surface area contributed by atoms with Gasteiger partial charge in [0, 0.05) is 38.7 Å². The lowest BCUT2D eigenvalue weighted by Crippen LogP contribution is -2.38. The zero-order valence-electron chi connectivity index (χ0n) is 15.5. The molecule has 0 aliphatic carbocycles. The quantitative estimate of drug-likeness (QED) is 0.254. The maximum atomic E-state index is 5.68. The Kier molecular flexibility index (Phi) is 11.6. The van der Waals surface area contributed by atoms with Crippen LogP contribution in [0.1, 0.15) is 36.9 Å². The molecule has 0 bridgehead atoms. The molecule has 144 valence electrons. The molecular weight excluding hydrogens is 451 g/mol. The van der Waals surface area contributed by atoms with Gasteiger partial charge in [0.15, 0.2) is 5.96 Å². The third-order valence-electron chi connectivity index (χ3n) is 3.80. The van der Waals surface area contributed by atoms with E-state index in [-0.39, 0.29) is 24.0 Å². The minimum atomic E-state index is 0. The van der Waals surface area contributed by atoms with Crippen molar-refractivity contribution < 1.29 is 9.47 Å². The zero-order valence-corrected chi connectivity index (χ0v) is 18.6. The van der Waals surface area contributed by atoms with Crippen LogP contribution in [0.15, 0.2) is 10.4 Å². The number of hydrogen-bond acceptors (Lipinski definition) is 5. The van der Waals surface area contributed by atoms with Crippen LogP contribution in [-0.2, 0) is 16.0 Å². The third-order valence-corrected chi connectivity index (χ3v) is 4.62. The molecule has 0 saturated carbocycles. The Hall–Kier alpha value is -0.450. The van der Waals surface area contributed by atoms with E-state index in [1.54, 1.807) is 11.3 Å². The Morgan fingerprint density at radius 2 is 2.40 bits per heavy atom. The summed E-state index contributed by atoms with van der Waals surface area (Å²) in [5.74, 6) is 0.919. The van der Waals surface area contributed by atoms with Gasteiger partial charge in [0.25, 0.3) is 0 Å². The van der Waals surface area contributed by atoms with Crippen molar-refractivity contribution in [2.75, 3.05) is 40.0 Å². The lowest BCUT2D eigenvalue weighted by molar-refractivity contribution is 0.0170. The number of guanidine groups is 1. The van der Waals surface area contributed by atoms with Crippen LogP contribution in [0.5, 0.6) is 0 Å². The lowest BCUT2D eigenvalue weighted by Gasteiger charge is -2.21. The van der Waals surface area contributed by atoms with Gasteiger partial charge in [-0.2, -0.15) is 0 Å². The van der Waals surface area contributed by atoms with E-state index >= 15 is 0 Å². The summed E-state index contributed by atoms with van der Waals surface area (Å²) in [4.78, 5) is 11.3. The van der Waals surface area contributed by atoms with Gasteiger partial charge in [0.1, 0.15) is 0 Å². The first-order chi connectivity index (χ1) is 11.7. The van der Waals surface area contributed by atoms with Crippen molar-refractivity contribution in [3.63, 3.8) is 0 Å². The summed E-state index contributed by atoms with van der Waals surface area (Å²) in [5.41, 5.74) is 1.09. The standard InChI is InChI=1S/C17H30N4O2S.HI/c1-4-18-17(21(3)11-15-13-24-14(2)20-15)19-8-6-9-22-12-16-7-5-10-23-16;/h13,16H,4-12H2,1-3H3,(H,18,19);1H. The smallest absolute Gasteiger partial charge is 0.194 e. The van der Waals surface area contributed by atoms with Gasteiger partial charge < -0.3 is 19.7 Å². The summed E-state index contributed by atoms with van der Waals surface area (Å²) in [7, 11) is 2.05. The van der Waals surface area contributed by atoms with Gasteiger partial charge in [-0.3, -0.25) is 4.99 Å². The fraction of sp³-hybridized carbons (Fsp3) is 0.765. The lowest BCUT2D eigenvalue weighted by atomic mass is 10.2. The van der Waals surface area contributed by atoms with Gasteiger partial charge in [-0.05, 0) is 33.1 Å². The van der Waals surface area contributed by atoms with Crippen molar-refractivity contribution in [3.8, 4) is 0 Å². The van der Waals surface area contributed by atoms with E-state index in [0.29, 0.717) is 12.7 Å². The third kappa shape index (κ3) is 8.65. The van der Waals surface area contributed by atoms with E-state index in [0.717, 1.165) is 68.8 Å². The van der Waals surface area contributed by atoms with Gasteiger partial charge in [0.05, 0.1) is 30.0 Å². The van der Waals surface area contributed by atoms with Gasteiger partial charge in [0.2, 0.25) is 0 Å². The van der Waals surface area contributed by atoms with Crippen LogP contribution in [0.2, 0.25) is 0 Å². The first kappa shape index (κ1) is 22.6. The van der Waals surface area contributed by atoms with Crippen molar-refractivity contribution in [3.05, 3.63) is 16.1 Å². The summed E-state index contributed by atoms with van der Waals surface area (Å²) >= 11 is 1.68. The Bertz CT molecular complexity index is 507. The van der Waals surface area contributed by atoms with Crippen molar-refractivity contribution in [1.82, 2.24) is 15.2 Å². The summed E-state index contributed by atoms with van der Waals surface area (Å²) in [6.45, 7) is 8.83. The minimum Gasteiger partial charge on any atom is -0.379 e. The average Bonchev–Trinajstić information content (AvgIpc) is 3.21. The van der Waals surface area contributed by atoms with Crippen molar-refractivity contribution in [2.45, 2.75) is 45.8 Å². The van der Waals surface area contributed by atoms with E-state index in [4.69, 9.17) is 9.47 Å². The van der Waals surface area contributed by atoms with E-state index in [1.807, 2.05) is 14.0 Å². The Morgan fingerprint density at radius 1 is 1.56 bits per heavy atom. The Morgan fingerprint density at radius 3 is 3.04 bits per heavy atom. The van der Waals surface area contributed by atoms with Gasteiger partial charge in [-0.25, -0.2) is 4.98 Å². The number of ether oxygens (including phenoxy) is 2. The Balaban J connectivity index is 0.00000312. The molecule has 6 nitrogen and oxygen atoms in total. The molecule has 1 atom stereocenters. The highest BCUT2D eigenvalue weighted by atomic mass is 127. The maximum Gasteiger partial charge on any atom is 0.194 e. The van der Waals surface area contributed by atoms with Gasteiger partial charge >= 0.3 is 0 Å². The monoisotopic (exact) mass is 482 g/mol. The number of hydrogen-bond donors (Lipinski definition) is 1. The fourth-order valence-electron chi connectivity index (χ4n) is 2.61. The first-order valence-electron chi connectivity index (χ1n) is 8.79. The summed E-state index contributed by atoms with van der Waals surface area (Å²) in [6, 6.07) is 0. The SMILES string of the molecule is CCNC(=NCCCOCC1CCCO1)N(C)Cc1csc(C)n1.I. The molecule has 1 aromatic heterocycles. The number of nitrogens with one attached hydrogen (secondary N) is 1. The molecular formula is C17H31IN4O2S. The summed E-state index contributed by atoms with van der Waals surface area (Å²) in [6.07, 6.45) is 3.52. The summed E-state index contributed by atoms with van der Waals surface area (Å²) < 4.78 is 11.2. The normalized spacial score (nSPS) is 17.4. The molecule has 0 aromatic carbocycles. The van der Waals surface area contributed by atoms with Gasteiger partial charge in [-0.1, -0.05) is 0 Å². The van der Waals surface area contributed by atoms with E-state index < -0.39 is 0 Å². The molecule has 0 radical (unpaired) electrons. The molecule has 1 fully saturated rings. The molecule has 8 heteroatoms. The predicted octanol–water partition coefficient (Wildman–Crippen LogP) is 3.05. The van der Waals surface area contributed by atoms with Crippen LogP contribution >= 0.6 is 35.3 Å². The molecule has 2 heterocycles. The molecule has 1 aromatic rings. The van der Waals surface area contributed by atoms with Crippen molar-refractivity contribution in [1.29, 1.82) is 0 Å². The molecule has 0 amide bonds. The molecule has 1 aliphatic heterocycles. The highest BCUT2D eigenvalue weighted by Crippen LogP contribution is 2.12. The largest absolute Gasteiger partial charge is 0.379 e. The number of aromatic nitrogens is 1. The highest BCUT2D eigenvalue weighted by molar-refractivity contribution is 14.0. The van der Waals surface area contributed by atoms with Crippen molar-refractivity contribution >= 4 is 41.3 Å². The minimum absolute atomic E-state index is 0. The molecule has 1 saturated heterocycles. The number of nitrogens with zero attached hydrogens (tertiary/aromatic N) is 3. The second-order valence-corrected chi connectivity index (χ2v) is 7.08. The van der Waals surface area contributed by atoms with Crippen LogP contribution in [0, 0.1) is 6.92 Å². The molecule has 1 aliphatic rings. The zero-order chi connectivity index (χ0) is 17.2. The fourth-order valence-corrected chi connectivity index (χ4v) is 3.21. The van der Waals surface area contributed by atoms with Crippen LogP contribution < -0.4 is 5.32 Å². The number of aliphatic imine (C=N–C) groups is 1. The molecule has 1 N–H and O–H groups in total. The summed E-state index contributed by atoms with van der Waals surface area (Å²) in [5, 5.41) is 6.54. The maximum absolute atomic E-state index is 5.68. The van der Waals surface area contributed by atoms with E-state index in [9.17, 15) is 0 Å². The van der Waals surface area contributed by atoms with Crippen LogP contribution in [0.4, 0.5) is 0 Å². The van der Waals surface area contributed by atoms with Crippen LogP contribution in [0.25, 0.3) is 0 Å². The molecule has 0 spiro atoms. The molecule has 2 rings (SSSR count). The van der Waals surface area contributed by atoms with Crippen LogP contribution in [0.3, 0.4) is 0 Å². The Labute approximate surface area is 172 Å². The van der Waals surface area contributed by atoms with Crippen molar-refractivity contribution in [2.24, 2.45) is 4.99 Å². The van der Waals surface area contributed by atoms with E-state index in [2.05, 4.69) is 32.5 Å². The van der Waals surface area contributed by atoms with Gasteiger partial charge in [-0.15, -0.1) is 35.3 Å². The number of halogens is 1. The second kappa shape index (κ2) is 12.8. The van der Waals surface area contributed by atoms with E-state index in [1.165, 1.54) is 0 Å². The first-order valence-corrected chi connectivity index (χ1v) is 9.66. The highest BCUT2D eigenvalue weighted by Gasteiger charge is 2.15. The number of aryl methyl sites for hydroxylation is 1. The molecule has 1 unspecified atom stereocenters. The topological polar surface area (TPSA) is 59.0 Å². The average molecular weight is 482 g/mol. The number of thiazole rings is 1. The van der Waals surface area contributed by atoms with Crippen LogP contribution in [-0.4, -0.2) is 61.9 Å². The number of rotatable bonds is 9. The predicted molar refractivity (Wildman–Crippen MR) is 114 cm³/mol. The second-order valence-electron chi connectivity index (χ2n) is 6.01. The molecule has 25 heavy (non-hydrogen) atoms.